The van der Waals surface area contributed by atoms with Crippen molar-refractivity contribution >= 4 is 17.5 Å². The lowest BCUT2D eigenvalue weighted by Gasteiger charge is -2.04. The zero-order chi connectivity index (χ0) is 12.3. The van der Waals surface area contributed by atoms with E-state index in [4.69, 9.17) is 16.0 Å². The van der Waals surface area contributed by atoms with Gasteiger partial charge in [0.2, 0.25) is 0 Å². The fraction of sp³-hybridized carbons (Fsp3) is 0.154. The van der Waals surface area contributed by atoms with E-state index in [2.05, 4.69) is 5.32 Å². The molecule has 0 spiro atoms. The molecule has 3 nitrogen and oxygen atoms in total. The number of carbonyl (C=O) groups excluding carboxylic acids is 1. The van der Waals surface area contributed by atoms with Crippen molar-refractivity contribution in [3.8, 4) is 0 Å². The van der Waals surface area contributed by atoms with Gasteiger partial charge in [-0.3, -0.25) is 4.79 Å². The van der Waals surface area contributed by atoms with Crippen LogP contribution < -0.4 is 5.32 Å². The maximum atomic E-state index is 11.8. The van der Waals surface area contributed by atoms with Gasteiger partial charge >= 0.3 is 0 Å². The first-order valence-corrected chi connectivity index (χ1v) is 5.61. The van der Waals surface area contributed by atoms with Crippen LogP contribution in [-0.2, 0) is 6.54 Å². The maximum absolute atomic E-state index is 11.8. The number of benzene rings is 1. The summed E-state index contributed by atoms with van der Waals surface area (Å²) >= 11 is 5.78. The third-order valence-corrected chi connectivity index (χ3v) is 2.72. The molecular formula is C13H12ClNO2. The van der Waals surface area contributed by atoms with Crippen molar-refractivity contribution in [3.63, 3.8) is 0 Å². The van der Waals surface area contributed by atoms with Crippen LogP contribution in [0.25, 0.3) is 0 Å². The van der Waals surface area contributed by atoms with Crippen LogP contribution in [0.4, 0.5) is 0 Å². The summed E-state index contributed by atoms with van der Waals surface area (Å²) in [6.07, 6.45) is 1.51. The lowest BCUT2D eigenvalue weighted by molar-refractivity contribution is 0.0949. The summed E-state index contributed by atoms with van der Waals surface area (Å²) in [7, 11) is 0. The van der Waals surface area contributed by atoms with E-state index in [0.717, 1.165) is 5.56 Å². The van der Waals surface area contributed by atoms with E-state index >= 15 is 0 Å². The molecule has 2 rings (SSSR count). The van der Waals surface area contributed by atoms with Gasteiger partial charge in [0, 0.05) is 11.6 Å². The van der Waals surface area contributed by atoms with Crippen LogP contribution in [-0.4, -0.2) is 5.91 Å². The fourth-order valence-electron chi connectivity index (χ4n) is 1.50. The number of nitrogens with one attached hydrogen (secondary N) is 1. The van der Waals surface area contributed by atoms with E-state index in [1.165, 1.54) is 6.26 Å². The lowest BCUT2D eigenvalue weighted by atomic mass is 10.2. The molecule has 4 heteroatoms. The SMILES string of the molecule is Cc1occc1C(=O)NCc1ccc(Cl)cc1. The number of furan rings is 1. The van der Waals surface area contributed by atoms with E-state index in [0.29, 0.717) is 22.9 Å². The molecule has 1 aromatic carbocycles. The Balaban J connectivity index is 1.97. The highest BCUT2D eigenvalue weighted by atomic mass is 35.5. The van der Waals surface area contributed by atoms with E-state index in [9.17, 15) is 4.79 Å². The molecule has 2 aromatic rings. The standard InChI is InChI=1S/C13H12ClNO2/c1-9-12(6-7-17-9)13(16)15-8-10-2-4-11(14)5-3-10/h2-7H,8H2,1H3,(H,15,16). The fourth-order valence-corrected chi connectivity index (χ4v) is 1.63. The van der Waals surface area contributed by atoms with Gasteiger partial charge in [0.1, 0.15) is 5.76 Å². The van der Waals surface area contributed by atoms with Gasteiger partial charge < -0.3 is 9.73 Å². The van der Waals surface area contributed by atoms with Crippen molar-refractivity contribution in [1.82, 2.24) is 5.32 Å². The largest absolute Gasteiger partial charge is 0.469 e. The van der Waals surface area contributed by atoms with Crippen molar-refractivity contribution in [1.29, 1.82) is 0 Å². The van der Waals surface area contributed by atoms with Gasteiger partial charge in [-0.15, -0.1) is 0 Å². The number of hydrogen-bond donors (Lipinski definition) is 1. The molecule has 0 unspecified atom stereocenters. The second-order valence-electron chi connectivity index (χ2n) is 3.70. The van der Waals surface area contributed by atoms with Crippen LogP contribution in [0.15, 0.2) is 41.0 Å². The molecule has 0 saturated heterocycles. The molecule has 0 fully saturated rings. The van der Waals surface area contributed by atoms with Crippen molar-refractivity contribution in [2.75, 3.05) is 0 Å². The second kappa shape index (κ2) is 5.06. The van der Waals surface area contributed by atoms with Crippen LogP contribution in [0.1, 0.15) is 21.7 Å². The molecule has 0 aliphatic carbocycles. The highest BCUT2D eigenvalue weighted by molar-refractivity contribution is 6.30. The van der Waals surface area contributed by atoms with Crippen LogP contribution in [0.5, 0.6) is 0 Å². The maximum Gasteiger partial charge on any atom is 0.255 e. The Morgan fingerprint density at radius 3 is 2.59 bits per heavy atom. The van der Waals surface area contributed by atoms with E-state index in [1.54, 1.807) is 25.1 Å². The van der Waals surface area contributed by atoms with Gasteiger partial charge in [0.05, 0.1) is 11.8 Å². The van der Waals surface area contributed by atoms with Crippen molar-refractivity contribution in [2.24, 2.45) is 0 Å². The number of rotatable bonds is 3. The van der Waals surface area contributed by atoms with Crippen molar-refractivity contribution in [2.45, 2.75) is 13.5 Å². The minimum absolute atomic E-state index is 0.133. The molecule has 88 valence electrons. The summed E-state index contributed by atoms with van der Waals surface area (Å²) < 4.78 is 5.08. The normalized spacial score (nSPS) is 10.2. The summed E-state index contributed by atoms with van der Waals surface area (Å²) in [4.78, 5) is 11.8. The molecular weight excluding hydrogens is 238 g/mol. The molecule has 0 aliphatic heterocycles. The lowest BCUT2D eigenvalue weighted by Crippen LogP contribution is -2.22. The Hall–Kier alpha value is -1.74. The topological polar surface area (TPSA) is 42.2 Å². The van der Waals surface area contributed by atoms with Crippen LogP contribution in [0, 0.1) is 6.92 Å². The number of aryl methyl sites for hydroxylation is 1. The predicted octanol–water partition coefficient (Wildman–Crippen LogP) is 3.17. The predicted molar refractivity (Wildman–Crippen MR) is 66.1 cm³/mol. The molecule has 0 saturated carbocycles. The molecule has 1 aromatic heterocycles. The molecule has 17 heavy (non-hydrogen) atoms. The van der Waals surface area contributed by atoms with Crippen molar-refractivity contribution < 1.29 is 9.21 Å². The quantitative estimate of drug-likeness (QED) is 0.908. The first kappa shape index (κ1) is 11.7. The first-order valence-electron chi connectivity index (χ1n) is 5.23. The van der Waals surface area contributed by atoms with Crippen LogP contribution >= 0.6 is 11.6 Å². The van der Waals surface area contributed by atoms with Gasteiger partial charge in [-0.05, 0) is 30.7 Å². The average molecular weight is 250 g/mol. The molecule has 1 N–H and O–H groups in total. The molecule has 1 heterocycles. The van der Waals surface area contributed by atoms with E-state index in [1.807, 2.05) is 12.1 Å². The van der Waals surface area contributed by atoms with Gasteiger partial charge in [-0.1, -0.05) is 23.7 Å². The Bertz CT molecular complexity index is 516. The number of carbonyl (C=O) groups is 1. The molecule has 0 aliphatic rings. The van der Waals surface area contributed by atoms with Gasteiger partial charge in [-0.25, -0.2) is 0 Å². The summed E-state index contributed by atoms with van der Waals surface area (Å²) in [5.41, 5.74) is 1.57. The van der Waals surface area contributed by atoms with Crippen LogP contribution in [0.2, 0.25) is 5.02 Å². The van der Waals surface area contributed by atoms with E-state index in [-0.39, 0.29) is 5.91 Å². The number of hydrogen-bond acceptors (Lipinski definition) is 2. The Morgan fingerprint density at radius 2 is 2.00 bits per heavy atom. The number of amides is 1. The number of halogens is 1. The molecule has 0 bridgehead atoms. The van der Waals surface area contributed by atoms with Gasteiger partial charge in [-0.2, -0.15) is 0 Å². The smallest absolute Gasteiger partial charge is 0.255 e. The average Bonchev–Trinajstić information content (AvgIpc) is 2.74. The molecule has 0 radical (unpaired) electrons. The summed E-state index contributed by atoms with van der Waals surface area (Å²) in [6.45, 7) is 2.23. The third-order valence-electron chi connectivity index (χ3n) is 2.47. The minimum atomic E-state index is -0.133. The molecule has 1 amide bonds. The highest BCUT2D eigenvalue weighted by Gasteiger charge is 2.10. The van der Waals surface area contributed by atoms with Gasteiger partial charge in [0.25, 0.3) is 5.91 Å². The van der Waals surface area contributed by atoms with Gasteiger partial charge in [0.15, 0.2) is 0 Å². The highest BCUT2D eigenvalue weighted by Crippen LogP contribution is 2.11. The zero-order valence-corrected chi connectivity index (χ0v) is 10.1. The third kappa shape index (κ3) is 2.88. The van der Waals surface area contributed by atoms with E-state index < -0.39 is 0 Å². The second-order valence-corrected chi connectivity index (χ2v) is 4.14. The Labute approximate surface area is 104 Å². The van der Waals surface area contributed by atoms with Crippen molar-refractivity contribution in [3.05, 3.63) is 58.5 Å². The Kier molecular flexibility index (Phi) is 3.49. The first-order chi connectivity index (χ1) is 8.16. The molecule has 0 atom stereocenters. The zero-order valence-electron chi connectivity index (χ0n) is 9.37. The Morgan fingerprint density at radius 1 is 1.29 bits per heavy atom. The summed E-state index contributed by atoms with van der Waals surface area (Å²) in [6, 6.07) is 9.01. The summed E-state index contributed by atoms with van der Waals surface area (Å²) in [5, 5.41) is 3.51. The summed E-state index contributed by atoms with van der Waals surface area (Å²) in [5.74, 6) is 0.491. The monoisotopic (exact) mass is 249 g/mol. The van der Waals surface area contributed by atoms with Crippen LogP contribution in [0.3, 0.4) is 0 Å². The minimum Gasteiger partial charge on any atom is -0.469 e.